The second kappa shape index (κ2) is 9.08. The Morgan fingerprint density at radius 1 is 1.04 bits per heavy atom. The average Bonchev–Trinajstić information content (AvgIpc) is 2.61. The minimum absolute atomic E-state index is 0.0189. The summed E-state index contributed by atoms with van der Waals surface area (Å²) < 4.78 is 5.84. The molecule has 2 aliphatic rings. The number of rotatable bonds is 8. The van der Waals surface area contributed by atoms with Crippen molar-refractivity contribution in [3.8, 4) is 0 Å². The summed E-state index contributed by atoms with van der Waals surface area (Å²) in [6.07, 6.45) is -2.51. The molecular weight excluding hydrogens is 364 g/mol. The van der Waals surface area contributed by atoms with E-state index in [1.54, 1.807) is 0 Å². The van der Waals surface area contributed by atoms with Crippen molar-refractivity contribution in [1.29, 1.82) is 0 Å². The molecule has 164 valence electrons. The van der Waals surface area contributed by atoms with E-state index < -0.39 is 43.7 Å². The SMILES string of the molecule is CC1=C(CO[C@@H]([C@H](O)[C@H](O)CO)[C@H](O)CO)[C@@]2(C)CCCC(C)(C)[C@@H]2[C@@H](O)C1. The fourth-order valence-electron chi connectivity index (χ4n) is 5.75. The van der Waals surface area contributed by atoms with Gasteiger partial charge in [0.15, 0.2) is 0 Å². The molecule has 1 saturated carbocycles. The fourth-order valence-corrected chi connectivity index (χ4v) is 5.75. The van der Waals surface area contributed by atoms with Crippen LogP contribution in [0.1, 0.15) is 53.4 Å². The molecule has 0 aromatic rings. The van der Waals surface area contributed by atoms with Gasteiger partial charge >= 0.3 is 0 Å². The Balaban J connectivity index is 2.28. The molecule has 0 aliphatic heterocycles. The predicted octanol–water partition coefficient (Wildman–Crippen LogP) is 0.353. The Morgan fingerprint density at radius 3 is 2.21 bits per heavy atom. The van der Waals surface area contributed by atoms with Gasteiger partial charge in [-0.05, 0) is 48.5 Å². The maximum Gasteiger partial charge on any atom is 0.114 e. The van der Waals surface area contributed by atoms with E-state index in [4.69, 9.17) is 9.84 Å². The Morgan fingerprint density at radius 2 is 1.64 bits per heavy atom. The standard InChI is InChI=1S/C21H38O7/c1-12-8-14(24)19-20(2,3)6-5-7-21(19,4)13(12)11-28-18(16(26)10-23)17(27)15(25)9-22/h14-19,22-27H,5-11H2,1-4H3/t14-,15+,16+,17+,18+,19-,21+/m0/s1. The lowest BCUT2D eigenvalue weighted by molar-refractivity contribution is -0.150. The Bertz CT molecular complexity index is 561. The van der Waals surface area contributed by atoms with Crippen LogP contribution in [0, 0.1) is 16.7 Å². The average molecular weight is 403 g/mol. The Kier molecular flexibility index (Phi) is 7.70. The Hall–Kier alpha value is -0.540. The zero-order valence-electron chi connectivity index (χ0n) is 17.5. The summed E-state index contributed by atoms with van der Waals surface area (Å²) in [6, 6.07) is 0. The third kappa shape index (κ3) is 4.46. The zero-order valence-corrected chi connectivity index (χ0v) is 17.5. The summed E-state index contributed by atoms with van der Waals surface area (Å²) in [7, 11) is 0. The van der Waals surface area contributed by atoms with Gasteiger partial charge in [0.2, 0.25) is 0 Å². The number of hydrogen-bond donors (Lipinski definition) is 6. The lowest BCUT2D eigenvalue weighted by atomic mass is 9.49. The fraction of sp³-hybridized carbons (Fsp3) is 0.905. The van der Waals surface area contributed by atoms with Crippen molar-refractivity contribution in [1.82, 2.24) is 0 Å². The van der Waals surface area contributed by atoms with Crippen LogP contribution >= 0.6 is 0 Å². The summed E-state index contributed by atoms with van der Waals surface area (Å²) in [6.45, 7) is 7.32. The molecular formula is C21H38O7. The summed E-state index contributed by atoms with van der Waals surface area (Å²) in [4.78, 5) is 0. The highest BCUT2D eigenvalue weighted by Gasteiger charge is 2.54. The molecule has 28 heavy (non-hydrogen) atoms. The molecule has 0 spiro atoms. The molecule has 1 fully saturated rings. The van der Waals surface area contributed by atoms with Gasteiger partial charge in [0.05, 0.1) is 25.9 Å². The van der Waals surface area contributed by atoms with Crippen LogP contribution in [0.4, 0.5) is 0 Å². The number of fused-ring (bicyclic) bond motifs is 1. The van der Waals surface area contributed by atoms with Gasteiger partial charge in [-0.3, -0.25) is 0 Å². The molecule has 0 unspecified atom stereocenters. The van der Waals surface area contributed by atoms with E-state index in [0.717, 1.165) is 30.4 Å². The molecule has 6 N–H and O–H groups in total. The molecule has 0 saturated heterocycles. The van der Waals surface area contributed by atoms with E-state index >= 15 is 0 Å². The third-order valence-electron chi connectivity index (χ3n) is 7.05. The maximum atomic E-state index is 10.8. The number of aliphatic hydroxyl groups excluding tert-OH is 6. The van der Waals surface area contributed by atoms with Crippen molar-refractivity contribution in [3.05, 3.63) is 11.1 Å². The van der Waals surface area contributed by atoms with Gasteiger partial charge in [0.25, 0.3) is 0 Å². The third-order valence-corrected chi connectivity index (χ3v) is 7.05. The van der Waals surface area contributed by atoms with E-state index in [0.29, 0.717) is 6.42 Å². The van der Waals surface area contributed by atoms with Crippen molar-refractivity contribution in [2.75, 3.05) is 19.8 Å². The van der Waals surface area contributed by atoms with Gasteiger partial charge in [0.1, 0.15) is 24.4 Å². The molecule has 0 bridgehead atoms. The van der Waals surface area contributed by atoms with Crippen molar-refractivity contribution in [2.24, 2.45) is 16.7 Å². The number of ether oxygens (including phenoxy) is 1. The highest BCUT2D eigenvalue weighted by atomic mass is 16.5. The van der Waals surface area contributed by atoms with E-state index in [-0.39, 0.29) is 23.4 Å². The van der Waals surface area contributed by atoms with E-state index in [2.05, 4.69) is 20.8 Å². The van der Waals surface area contributed by atoms with Crippen LogP contribution in [0.2, 0.25) is 0 Å². The van der Waals surface area contributed by atoms with Crippen LogP contribution in [-0.2, 0) is 4.74 Å². The number of hydrogen-bond acceptors (Lipinski definition) is 7. The normalized spacial score (nSPS) is 34.5. The quantitative estimate of drug-likeness (QED) is 0.323. The molecule has 7 heteroatoms. The molecule has 2 aliphatic carbocycles. The smallest absolute Gasteiger partial charge is 0.114 e. The van der Waals surface area contributed by atoms with Crippen molar-refractivity contribution in [2.45, 2.75) is 83.9 Å². The largest absolute Gasteiger partial charge is 0.394 e. The first-order valence-electron chi connectivity index (χ1n) is 10.2. The highest BCUT2D eigenvalue weighted by Crippen LogP contribution is 2.59. The first kappa shape index (κ1) is 23.7. The Labute approximate surface area is 167 Å². The molecule has 2 rings (SSSR count). The summed E-state index contributed by atoms with van der Waals surface area (Å²) in [5, 5.41) is 59.3. The lowest BCUT2D eigenvalue weighted by Gasteiger charge is -2.57. The van der Waals surface area contributed by atoms with Crippen molar-refractivity contribution >= 4 is 0 Å². The molecule has 7 nitrogen and oxygen atoms in total. The van der Waals surface area contributed by atoms with E-state index in [9.17, 15) is 25.5 Å². The monoisotopic (exact) mass is 402 g/mol. The van der Waals surface area contributed by atoms with E-state index in [1.807, 2.05) is 6.92 Å². The molecule has 0 heterocycles. The summed E-state index contributed by atoms with van der Waals surface area (Å²) >= 11 is 0. The highest BCUT2D eigenvalue weighted by molar-refractivity contribution is 5.29. The van der Waals surface area contributed by atoms with Gasteiger partial charge in [-0.1, -0.05) is 32.8 Å². The van der Waals surface area contributed by atoms with Crippen LogP contribution in [0.5, 0.6) is 0 Å². The molecule has 7 atom stereocenters. The van der Waals surface area contributed by atoms with Crippen molar-refractivity contribution in [3.63, 3.8) is 0 Å². The van der Waals surface area contributed by atoms with Crippen LogP contribution in [0.15, 0.2) is 11.1 Å². The van der Waals surface area contributed by atoms with E-state index in [1.165, 1.54) is 0 Å². The second-order valence-corrected chi connectivity index (χ2v) is 9.53. The van der Waals surface area contributed by atoms with Gasteiger partial charge in [-0.25, -0.2) is 0 Å². The number of aliphatic hydroxyl groups is 6. The first-order chi connectivity index (χ1) is 13.0. The minimum atomic E-state index is -1.53. The van der Waals surface area contributed by atoms with Gasteiger partial charge in [0, 0.05) is 0 Å². The second-order valence-electron chi connectivity index (χ2n) is 9.53. The molecule has 0 amide bonds. The van der Waals surface area contributed by atoms with Gasteiger partial charge in [-0.15, -0.1) is 0 Å². The van der Waals surface area contributed by atoms with Gasteiger partial charge < -0.3 is 35.4 Å². The minimum Gasteiger partial charge on any atom is -0.394 e. The lowest BCUT2D eigenvalue weighted by Crippen LogP contribution is -2.53. The van der Waals surface area contributed by atoms with Gasteiger partial charge in [-0.2, -0.15) is 0 Å². The first-order valence-corrected chi connectivity index (χ1v) is 10.2. The zero-order chi connectivity index (χ0) is 21.3. The predicted molar refractivity (Wildman–Crippen MR) is 104 cm³/mol. The summed E-state index contributed by atoms with van der Waals surface area (Å²) in [5.41, 5.74) is 1.81. The molecule has 0 aromatic carbocycles. The molecule has 0 radical (unpaired) electrons. The van der Waals surface area contributed by atoms with Crippen LogP contribution in [0.3, 0.4) is 0 Å². The van der Waals surface area contributed by atoms with Crippen LogP contribution < -0.4 is 0 Å². The van der Waals surface area contributed by atoms with Crippen LogP contribution in [-0.4, -0.2) is 81.0 Å². The maximum absolute atomic E-state index is 10.8. The van der Waals surface area contributed by atoms with Crippen molar-refractivity contribution < 1.29 is 35.4 Å². The van der Waals surface area contributed by atoms with Crippen LogP contribution in [0.25, 0.3) is 0 Å². The summed E-state index contributed by atoms with van der Waals surface area (Å²) in [5.74, 6) is 0.0743. The topological polar surface area (TPSA) is 131 Å². The molecule has 0 aromatic heterocycles.